The van der Waals surface area contributed by atoms with Crippen LogP contribution in [0.3, 0.4) is 0 Å². The second-order valence-electron chi connectivity index (χ2n) is 4.22. The van der Waals surface area contributed by atoms with Gasteiger partial charge in [-0.3, -0.25) is 0 Å². The van der Waals surface area contributed by atoms with E-state index in [-0.39, 0.29) is 10.6 Å². The maximum Gasteiger partial charge on any atom is 0.336 e. The predicted molar refractivity (Wildman–Crippen MR) is 84.1 cm³/mol. The average Bonchev–Trinajstić information content (AvgIpc) is 2.88. The molecule has 4 nitrogen and oxygen atoms in total. The highest BCUT2D eigenvalue weighted by Crippen LogP contribution is 2.34. The molecular formula is C14H6BrCl2NO3. The van der Waals surface area contributed by atoms with Gasteiger partial charge in [-0.2, -0.15) is 0 Å². The van der Waals surface area contributed by atoms with E-state index in [4.69, 9.17) is 27.6 Å². The number of hydrogen-bond acceptors (Lipinski definition) is 3. The van der Waals surface area contributed by atoms with Crippen molar-refractivity contribution in [3.63, 3.8) is 0 Å². The van der Waals surface area contributed by atoms with E-state index in [1.165, 1.54) is 6.07 Å². The number of carbonyl (C=O) groups is 1. The van der Waals surface area contributed by atoms with Crippen LogP contribution in [0.25, 0.3) is 22.4 Å². The number of fused-ring (bicyclic) bond motifs is 1. The van der Waals surface area contributed by atoms with Gasteiger partial charge in [0.25, 0.3) is 0 Å². The lowest BCUT2D eigenvalue weighted by Gasteiger charge is -2.07. The predicted octanol–water partition coefficient (Wildman–Crippen LogP) is 5.26. The Hall–Kier alpha value is -1.56. The molecule has 21 heavy (non-hydrogen) atoms. The number of rotatable bonds is 2. The molecule has 0 fully saturated rings. The molecule has 0 saturated heterocycles. The van der Waals surface area contributed by atoms with Gasteiger partial charge < -0.3 is 9.52 Å². The van der Waals surface area contributed by atoms with Crippen LogP contribution in [-0.2, 0) is 0 Å². The fourth-order valence-electron chi connectivity index (χ4n) is 1.99. The Bertz CT molecular complexity index is 876. The summed E-state index contributed by atoms with van der Waals surface area (Å²) in [7, 11) is 0. The molecule has 0 aliphatic carbocycles. The number of aromatic nitrogens is 1. The largest absolute Gasteiger partial charge is 0.478 e. The van der Waals surface area contributed by atoms with Crippen molar-refractivity contribution < 1.29 is 14.3 Å². The van der Waals surface area contributed by atoms with E-state index in [1.54, 1.807) is 24.3 Å². The molecule has 1 N–H and O–H groups in total. The van der Waals surface area contributed by atoms with Crippen molar-refractivity contribution in [2.75, 3.05) is 0 Å². The smallest absolute Gasteiger partial charge is 0.336 e. The lowest BCUT2D eigenvalue weighted by molar-refractivity contribution is 0.0699. The molecule has 7 heteroatoms. The molecule has 0 aliphatic heterocycles. The van der Waals surface area contributed by atoms with Gasteiger partial charge in [-0.05, 0) is 40.2 Å². The van der Waals surface area contributed by atoms with Crippen LogP contribution in [0.15, 0.2) is 39.4 Å². The van der Waals surface area contributed by atoms with E-state index < -0.39 is 5.97 Å². The molecule has 106 valence electrons. The van der Waals surface area contributed by atoms with Crippen LogP contribution in [0.5, 0.6) is 0 Å². The normalized spacial score (nSPS) is 11.0. The number of pyridine rings is 1. The Morgan fingerprint density at radius 2 is 2.00 bits per heavy atom. The monoisotopic (exact) mass is 385 g/mol. The van der Waals surface area contributed by atoms with Crippen LogP contribution in [0, 0.1) is 0 Å². The molecule has 2 heterocycles. The Kier molecular flexibility index (Phi) is 3.65. The second kappa shape index (κ2) is 5.33. The molecular weight excluding hydrogens is 381 g/mol. The fourth-order valence-corrected chi connectivity index (χ4v) is 2.66. The zero-order valence-corrected chi connectivity index (χ0v) is 13.3. The van der Waals surface area contributed by atoms with Crippen molar-refractivity contribution in [3.05, 3.63) is 50.6 Å². The zero-order valence-electron chi connectivity index (χ0n) is 10.2. The third-order valence-corrected chi connectivity index (χ3v) is 4.15. The summed E-state index contributed by atoms with van der Waals surface area (Å²) in [6, 6.07) is 7.95. The first-order chi connectivity index (χ1) is 9.97. The molecule has 0 bridgehead atoms. The van der Waals surface area contributed by atoms with E-state index in [1.807, 2.05) is 0 Å². The van der Waals surface area contributed by atoms with E-state index in [9.17, 15) is 9.90 Å². The Morgan fingerprint density at radius 3 is 2.62 bits per heavy atom. The quantitative estimate of drug-likeness (QED) is 0.652. The lowest BCUT2D eigenvalue weighted by Crippen LogP contribution is -2.00. The maximum atomic E-state index is 11.5. The van der Waals surface area contributed by atoms with Gasteiger partial charge in [0.1, 0.15) is 5.69 Å². The Morgan fingerprint density at radius 1 is 1.24 bits per heavy atom. The molecule has 0 radical (unpaired) electrons. The highest BCUT2D eigenvalue weighted by atomic mass is 79.9. The van der Waals surface area contributed by atoms with Crippen molar-refractivity contribution in [2.45, 2.75) is 0 Å². The average molecular weight is 387 g/mol. The van der Waals surface area contributed by atoms with Crippen molar-refractivity contribution in [1.29, 1.82) is 0 Å². The first-order valence-electron chi connectivity index (χ1n) is 5.75. The zero-order chi connectivity index (χ0) is 15.1. The number of hydrogen-bond donors (Lipinski definition) is 1. The van der Waals surface area contributed by atoms with Crippen molar-refractivity contribution in [3.8, 4) is 11.5 Å². The van der Waals surface area contributed by atoms with Gasteiger partial charge in [0.05, 0.1) is 21.1 Å². The molecule has 3 aromatic rings. The molecule has 3 rings (SSSR count). The third kappa shape index (κ3) is 2.52. The van der Waals surface area contributed by atoms with Crippen LogP contribution in [0.1, 0.15) is 10.4 Å². The van der Waals surface area contributed by atoms with Gasteiger partial charge in [0.15, 0.2) is 10.4 Å². The van der Waals surface area contributed by atoms with Gasteiger partial charge in [0, 0.05) is 5.39 Å². The third-order valence-electron chi connectivity index (χ3n) is 2.93. The molecule has 1 aromatic carbocycles. The number of nitrogens with zero attached hydrogens (tertiary/aromatic N) is 1. The van der Waals surface area contributed by atoms with Crippen molar-refractivity contribution in [1.82, 2.24) is 4.98 Å². The molecule has 0 atom stereocenters. The number of aromatic carboxylic acids is 1. The highest BCUT2D eigenvalue weighted by Gasteiger charge is 2.17. The number of halogens is 3. The fraction of sp³-hybridized carbons (Fsp3) is 0. The summed E-state index contributed by atoms with van der Waals surface area (Å²) in [5.74, 6) is -0.644. The summed E-state index contributed by atoms with van der Waals surface area (Å²) < 4.78 is 5.93. The van der Waals surface area contributed by atoms with Gasteiger partial charge in [-0.25, -0.2) is 9.78 Å². The van der Waals surface area contributed by atoms with Crippen LogP contribution in [0.2, 0.25) is 10.0 Å². The van der Waals surface area contributed by atoms with Crippen LogP contribution in [0.4, 0.5) is 0 Å². The van der Waals surface area contributed by atoms with Gasteiger partial charge >= 0.3 is 5.97 Å². The summed E-state index contributed by atoms with van der Waals surface area (Å²) in [5, 5.41) is 10.3. The topological polar surface area (TPSA) is 63.3 Å². The minimum atomic E-state index is -1.08. The molecule has 0 spiro atoms. The number of benzene rings is 1. The van der Waals surface area contributed by atoms with E-state index in [0.717, 1.165) is 0 Å². The van der Waals surface area contributed by atoms with E-state index in [2.05, 4.69) is 20.9 Å². The summed E-state index contributed by atoms with van der Waals surface area (Å²) >= 11 is 15.3. The van der Waals surface area contributed by atoms with Crippen molar-refractivity contribution in [2.24, 2.45) is 0 Å². The number of carboxylic acids is 1. The molecule has 0 unspecified atom stereocenters. The molecule has 0 amide bonds. The van der Waals surface area contributed by atoms with E-state index in [0.29, 0.717) is 32.0 Å². The van der Waals surface area contributed by atoms with Crippen LogP contribution >= 0.6 is 39.1 Å². The summed E-state index contributed by atoms with van der Waals surface area (Å²) in [4.78, 5) is 15.8. The van der Waals surface area contributed by atoms with Crippen LogP contribution < -0.4 is 0 Å². The summed E-state index contributed by atoms with van der Waals surface area (Å²) in [5.41, 5.74) is 0.780. The standard InChI is InChI=1S/C14H6BrCl2NO3/c15-11-4-3-10(21-11)9-5-7(14(19)20)6-1-2-8(16)12(17)13(6)18-9/h1-5H,(H,19,20). The number of carboxylic acid groups (broad SMARTS) is 1. The summed E-state index contributed by atoms with van der Waals surface area (Å²) in [6.07, 6.45) is 0. The SMILES string of the molecule is O=C(O)c1cc(-c2ccc(Br)o2)nc2c(Cl)c(Cl)ccc12. The molecule has 0 aliphatic rings. The molecule has 2 aromatic heterocycles. The highest BCUT2D eigenvalue weighted by molar-refractivity contribution is 9.10. The molecule has 0 saturated carbocycles. The first-order valence-corrected chi connectivity index (χ1v) is 7.30. The Balaban J connectivity index is 2.38. The second-order valence-corrected chi connectivity index (χ2v) is 5.79. The minimum absolute atomic E-state index is 0.0843. The van der Waals surface area contributed by atoms with Gasteiger partial charge in [0.2, 0.25) is 0 Å². The first kappa shape index (κ1) is 14.4. The van der Waals surface area contributed by atoms with E-state index >= 15 is 0 Å². The minimum Gasteiger partial charge on any atom is -0.478 e. The van der Waals surface area contributed by atoms with Gasteiger partial charge in [-0.15, -0.1) is 0 Å². The Labute approximate surface area is 137 Å². The van der Waals surface area contributed by atoms with Crippen molar-refractivity contribution >= 4 is 56.0 Å². The summed E-state index contributed by atoms with van der Waals surface area (Å²) in [6.45, 7) is 0. The van der Waals surface area contributed by atoms with Gasteiger partial charge in [-0.1, -0.05) is 29.3 Å². The van der Waals surface area contributed by atoms with Crippen LogP contribution in [-0.4, -0.2) is 16.1 Å². The maximum absolute atomic E-state index is 11.5. The number of furan rings is 1. The lowest BCUT2D eigenvalue weighted by atomic mass is 10.1.